The van der Waals surface area contributed by atoms with Crippen molar-refractivity contribution in [2.45, 2.75) is 31.8 Å². The number of rotatable bonds is 3. The van der Waals surface area contributed by atoms with E-state index in [4.69, 9.17) is 11.6 Å². The van der Waals surface area contributed by atoms with Gasteiger partial charge in [0.15, 0.2) is 0 Å². The molecule has 2 rings (SSSR count). The highest BCUT2D eigenvalue weighted by molar-refractivity contribution is 7.16. The molecule has 1 aliphatic rings. The predicted molar refractivity (Wildman–Crippen MR) is 63.4 cm³/mol. The summed E-state index contributed by atoms with van der Waals surface area (Å²) in [6.45, 7) is 1.89. The lowest BCUT2D eigenvalue weighted by Gasteiger charge is -2.31. The number of piperidine rings is 1. The summed E-state index contributed by atoms with van der Waals surface area (Å²) in [6.07, 6.45) is 4.45. The molecule has 0 aliphatic carbocycles. The van der Waals surface area contributed by atoms with Crippen LogP contribution in [0.4, 0.5) is 0 Å². The zero-order valence-electron chi connectivity index (χ0n) is 8.49. The molecule has 1 fully saturated rings. The number of halogens is 1. The third-order valence-corrected chi connectivity index (χ3v) is 4.03. The standard InChI is InChI=1S/C11H14ClNOS/c12-11-5-4-10(15-11)7-13-6-2-1-3-9(13)8-14/h4-5,8-9H,1-3,6-7H2. The molecule has 1 aromatic heterocycles. The summed E-state index contributed by atoms with van der Waals surface area (Å²) < 4.78 is 0.824. The van der Waals surface area contributed by atoms with Gasteiger partial charge in [-0.05, 0) is 31.5 Å². The van der Waals surface area contributed by atoms with E-state index in [9.17, 15) is 4.79 Å². The Balaban J connectivity index is 2.00. The molecule has 2 heterocycles. The topological polar surface area (TPSA) is 20.3 Å². The van der Waals surface area contributed by atoms with Crippen molar-refractivity contribution in [2.75, 3.05) is 6.54 Å². The second-order valence-electron chi connectivity index (χ2n) is 3.88. The molecule has 1 aromatic rings. The van der Waals surface area contributed by atoms with Crippen molar-refractivity contribution in [3.63, 3.8) is 0 Å². The molecule has 0 saturated carbocycles. The Hall–Kier alpha value is -0.380. The Labute approximate surface area is 98.8 Å². The number of carbonyl (C=O) groups is 1. The van der Waals surface area contributed by atoms with Crippen molar-refractivity contribution < 1.29 is 4.79 Å². The van der Waals surface area contributed by atoms with Gasteiger partial charge >= 0.3 is 0 Å². The summed E-state index contributed by atoms with van der Waals surface area (Å²) in [5.41, 5.74) is 0. The summed E-state index contributed by atoms with van der Waals surface area (Å²) in [5, 5.41) is 0. The first-order valence-corrected chi connectivity index (χ1v) is 6.42. The van der Waals surface area contributed by atoms with Crippen LogP contribution in [0.5, 0.6) is 0 Å². The molecule has 1 atom stereocenters. The minimum absolute atomic E-state index is 0.111. The molecule has 0 aromatic carbocycles. The highest BCUT2D eigenvalue weighted by Crippen LogP contribution is 2.25. The van der Waals surface area contributed by atoms with Crippen molar-refractivity contribution in [2.24, 2.45) is 0 Å². The molecule has 15 heavy (non-hydrogen) atoms. The minimum atomic E-state index is 0.111. The summed E-state index contributed by atoms with van der Waals surface area (Å²) in [5.74, 6) is 0. The van der Waals surface area contributed by atoms with Gasteiger partial charge in [-0.15, -0.1) is 11.3 Å². The maximum absolute atomic E-state index is 10.9. The number of hydrogen-bond acceptors (Lipinski definition) is 3. The molecule has 4 heteroatoms. The van der Waals surface area contributed by atoms with E-state index in [0.717, 1.165) is 30.1 Å². The van der Waals surface area contributed by atoms with E-state index in [2.05, 4.69) is 4.90 Å². The molecule has 1 aliphatic heterocycles. The molecular formula is C11H14ClNOS. The van der Waals surface area contributed by atoms with Crippen LogP contribution in [0, 0.1) is 0 Å². The minimum Gasteiger partial charge on any atom is -0.302 e. The highest BCUT2D eigenvalue weighted by Gasteiger charge is 2.21. The SMILES string of the molecule is O=CC1CCCCN1Cc1ccc(Cl)s1. The van der Waals surface area contributed by atoms with Gasteiger partial charge < -0.3 is 4.79 Å². The fraction of sp³-hybridized carbons (Fsp3) is 0.545. The average Bonchev–Trinajstić information content (AvgIpc) is 2.65. The number of aldehydes is 1. The lowest BCUT2D eigenvalue weighted by molar-refractivity contribution is -0.113. The van der Waals surface area contributed by atoms with Gasteiger partial charge in [-0.1, -0.05) is 18.0 Å². The third kappa shape index (κ3) is 2.80. The summed E-state index contributed by atoms with van der Waals surface area (Å²) in [4.78, 5) is 14.4. The maximum Gasteiger partial charge on any atom is 0.137 e. The second kappa shape index (κ2) is 5.10. The molecular weight excluding hydrogens is 230 g/mol. The lowest BCUT2D eigenvalue weighted by atomic mass is 10.0. The Morgan fingerprint density at radius 3 is 3.07 bits per heavy atom. The van der Waals surface area contributed by atoms with E-state index in [1.807, 2.05) is 12.1 Å². The Bertz CT molecular complexity index is 339. The van der Waals surface area contributed by atoms with Crippen molar-refractivity contribution in [1.29, 1.82) is 0 Å². The van der Waals surface area contributed by atoms with Gasteiger partial charge in [0.25, 0.3) is 0 Å². The Morgan fingerprint density at radius 2 is 2.40 bits per heavy atom. The van der Waals surface area contributed by atoms with E-state index in [0.29, 0.717) is 0 Å². The largest absolute Gasteiger partial charge is 0.302 e. The number of thiophene rings is 1. The smallest absolute Gasteiger partial charge is 0.137 e. The molecule has 1 saturated heterocycles. The second-order valence-corrected chi connectivity index (χ2v) is 5.68. The van der Waals surface area contributed by atoms with Gasteiger partial charge in [-0.3, -0.25) is 4.90 Å². The van der Waals surface area contributed by atoms with Crippen LogP contribution in [0.2, 0.25) is 4.34 Å². The zero-order chi connectivity index (χ0) is 10.7. The van der Waals surface area contributed by atoms with Gasteiger partial charge in [0.1, 0.15) is 6.29 Å². The highest BCUT2D eigenvalue weighted by atomic mass is 35.5. The fourth-order valence-electron chi connectivity index (χ4n) is 2.00. The van der Waals surface area contributed by atoms with Crippen LogP contribution >= 0.6 is 22.9 Å². The van der Waals surface area contributed by atoms with Crippen molar-refractivity contribution in [1.82, 2.24) is 4.90 Å². The van der Waals surface area contributed by atoms with Crippen molar-refractivity contribution in [3.8, 4) is 0 Å². The monoisotopic (exact) mass is 243 g/mol. The van der Waals surface area contributed by atoms with Gasteiger partial charge in [0.2, 0.25) is 0 Å². The van der Waals surface area contributed by atoms with Gasteiger partial charge in [-0.2, -0.15) is 0 Å². The molecule has 2 nitrogen and oxygen atoms in total. The quantitative estimate of drug-likeness (QED) is 0.761. The van der Waals surface area contributed by atoms with E-state index < -0.39 is 0 Å². The molecule has 1 unspecified atom stereocenters. The van der Waals surface area contributed by atoms with E-state index in [1.54, 1.807) is 11.3 Å². The molecule has 0 bridgehead atoms. The van der Waals surface area contributed by atoms with Crippen LogP contribution in [-0.4, -0.2) is 23.8 Å². The Kier molecular flexibility index (Phi) is 3.78. The van der Waals surface area contributed by atoms with Crippen molar-refractivity contribution in [3.05, 3.63) is 21.3 Å². The van der Waals surface area contributed by atoms with Crippen molar-refractivity contribution >= 4 is 29.2 Å². The normalized spacial score (nSPS) is 22.9. The summed E-state index contributed by atoms with van der Waals surface area (Å²) in [7, 11) is 0. The molecule has 0 spiro atoms. The number of likely N-dealkylation sites (tertiary alicyclic amines) is 1. The van der Waals surface area contributed by atoms with Crippen LogP contribution in [0.3, 0.4) is 0 Å². The van der Waals surface area contributed by atoms with Crippen LogP contribution in [0.25, 0.3) is 0 Å². The van der Waals surface area contributed by atoms with Crippen LogP contribution in [-0.2, 0) is 11.3 Å². The summed E-state index contributed by atoms with van der Waals surface area (Å²) in [6, 6.07) is 4.07. The molecule has 0 N–H and O–H groups in total. The van der Waals surface area contributed by atoms with Crippen LogP contribution < -0.4 is 0 Å². The first-order valence-electron chi connectivity index (χ1n) is 5.23. The maximum atomic E-state index is 10.9. The Morgan fingerprint density at radius 1 is 1.53 bits per heavy atom. The third-order valence-electron chi connectivity index (χ3n) is 2.81. The van der Waals surface area contributed by atoms with E-state index in [1.165, 1.54) is 17.7 Å². The number of hydrogen-bond donors (Lipinski definition) is 0. The van der Waals surface area contributed by atoms with Gasteiger partial charge in [0, 0.05) is 11.4 Å². The van der Waals surface area contributed by atoms with Crippen LogP contribution in [0.15, 0.2) is 12.1 Å². The van der Waals surface area contributed by atoms with Gasteiger partial charge in [0.05, 0.1) is 10.4 Å². The number of carbonyl (C=O) groups excluding carboxylic acids is 1. The summed E-state index contributed by atoms with van der Waals surface area (Å²) >= 11 is 7.48. The zero-order valence-corrected chi connectivity index (χ0v) is 10.1. The predicted octanol–water partition coefficient (Wildman–Crippen LogP) is 2.95. The average molecular weight is 244 g/mol. The van der Waals surface area contributed by atoms with Crippen LogP contribution in [0.1, 0.15) is 24.1 Å². The molecule has 0 amide bonds. The number of nitrogens with zero attached hydrogens (tertiary/aromatic N) is 1. The van der Waals surface area contributed by atoms with E-state index in [-0.39, 0.29) is 6.04 Å². The molecule has 82 valence electrons. The first kappa shape index (κ1) is 11.1. The van der Waals surface area contributed by atoms with Gasteiger partial charge in [-0.25, -0.2) is 0 Å². The lowest BCUT2D eigenvalue weighted by Crippen LogP contribution is -2.39. The molecule has 0 radical (unpaired) electrons. The fourth-order valence-corrected chi connectivity index (χ4v) is 3.12. The van der Waals surface area contributed by atoms with E-state index >= 15 is 0 Å². The first-order chi connectivity index (χ1) is 7.29.